The van der Waals surface area contributed by atoms with Crippen molar-refractivity contribution in [2.45, 2.75) is 13.3 Å². The van der Waals surface area contributed by atoms with E-state index >= 15 is 0 Å². The predicted molar refractivity (Wildman–Crippen MR) is 69.7 cm³/mol. The number of pyridine rings is 1. The van der Waals surface area contributed by atoms with E-state index in [4.69, 9.17) is 0 Å². The van der Waals surface area contributed by atoms with Gasteiger partial charge in [0.05, 0.1) is 5.69 Å². The Labute approximate surface area is 107 Å². The van der Waals surface area contributed by atoms with E-state index in [1.807, 2.05) is 19.1 Å². The molecule has 0 amide bonds. The van der Waals surface area contributed by atoms with Crippen LogP contribution in [-0.4, -0.2) is 19.6 Å². The van der Waals surface area contributed by atoms with Crippen LogP contribution >= 0.6 is 11.3 Å². The lowest BCUT2D eigenvalue weighted by atomic mass is 10.2. The van der Waals surface area contributed by atoms with Gasteiger partial charge in [-0.25, -0.2) is 4.98 Å². The molecule has 0 aliphatic heterocycles. The van der Waals surface area contributed by atoms with Crippen LogP contribution in [0.5, 0.6) is 0 Å². The molecule has 0 aliphatic carbocycles. The first-order chi connectivity index (χ1) is 8.78. The molecule has 0 N–H and O–H groups in total. The van der Waals surface area contributed by atoms with Crippen molar-refractivity contribution in [2.24, 2.45) is 0 Å². The minimum Gasteiger partial charge on any atom is -0.267 e. The minimum atomic E-state index is -0.158. The second kappa shape index (κ2) is 4.30. The number of nitrogens with zero attached hydrogens (tertiary/aromatic N) is 4. The van der Waals surface area contributed by atoms with Crippen LogP contribution in [0, 0.1) is 0 Å². The zero-order valence-electron chi connectivity index (χ0n) is 9.70. The van der Waals surface area contributed by atoms with Crippen LogP contribution in [0.15, 0.2) is 35.4 Å². The summed E-state index contributed by atoms with van der Waals surface area (Å²) in [7, 11) is 0. The highest BCUT2D eigenvalue weighted by Crippen LogP contribution is 2.17. The molecule has 0 bridgehead atoms. The van der Waals surface area contributed by atoms with Crippen molar-refractivity contribution < 1.29 is 0 Å². The summed E-state index contributed by atoms with van der Waals surface area (Å²) in [6.45, 7) is 2.00. The molecule has 0 aliphatic rings. The van der Waals surface area contributed by atoms with Gasteiger partial charge in [-0.1, -0.05) is 18.3 Å². The van der Waals surface area contributed by atoms with E-state index < -0.39 is 0 Å². The van der Waals surface area contributed by atoms with Gasteiger partial charge in [0.15, 0.2) is 0 Å². The maximum Gasteiger partial charge on any atom is 0.275 e. The Kier molecular flexibility index (Phi) is 2.64. The fraction of sp³-hybridized carbons (Fsp3) is 0.167. The summed E-state index contributed by atoms with van der Waals surface area (Å²) in [6, 6.07) is 5.19. The molecule has 18 heavy (non-hydrogen) atoms. The highest BCUT2D eigenvalue weighted by molar-refractivity contribution is 7.16. The van der Waals surface area contributed by atoms with Crippen LogP contribution in [0.3, 0.4) is 0 Å². The van der Waals surface area contributed by atoms with E-state index in [9.17, 15) is 4.79 Å². The normalized spacial score (nSPS) is 10.9. The second-order valence-corrected chi connectivity index (χ2v) is 4.81. The van der Waals surface area contributed by atoms with Gasteiger partial charge < -0.3 is 0 Å². The van der Waals surface area contributed by atoms with Crippen LogP contribution in [0.1, 0.15) is 11.9 Å². The Morgan fingerprint density at radius 2 is 2.33 bits per heavy atom. The van der Waals surface area contributed by atoms with Gasteiger partial charge in [0, 0.05) is 24.0 Å². The highest BCUT2D eigenvalue weighted by Gasteiger charge is 2.09. The van der Waals surface area contributed by atoms with E-state index in [1.165, 1.54) is 21.9 Å². The van der Waals surface area contributed by atoms with Gasteiger partial charge in [0.25, 0.3) is 5.56 Å². The average molecular weight is 258 g/mol. The van der Waals surface area contributed by atoms with Crippen LogP contribution in [0.2, 0.25) is 0 Å². The second-order valence-electron chi connectivity index (χ2n) is 3.77. The van der Waals surface area contributed by atoms with Crippen molar-refractivity contribution >= 4 is 16.3 Å². The summed E-state index contributed by atoms with van der Waals surface area (Å²) in [5.74, 6) is 0. The largest absolute Gasteiger partial charge is 0.275 e. The van der Waals surface area contributed by atoms with E-state index in [-0.39, 0.29) is 5.56 Å². The molecule has 0 spiro atoms. The zero-order valence-corrected chi connectivity index (χ0v) is 10.5. The number of aromatic nitrogens is 4. The number of fused-ring (bicyclic) bond motifs is 1. The van der Waals surface area contributed by atoms with E-state index in [0.717, 1.165) is 17.0 Å². The molecule has 3 rings (SSSR count). The molecule has 3 aromatic rings. The summed E-state index contributed by atoms with van der Waals surface area (Å²) < 4.78 is 1.35. The molecule has 3 heterocycles. The van der Waals surface area contributed by atoms with Gasteiger partial charge in [-0.3, -0.25) is 9.78 Å². The van der Waals surface area contributed by atoms with Crippen molar-refractivity contribution in [3.05, 3.63) is 46.0 Å². The maximum absolute atomic E-state index is 11.9. The Morgan fingerprint density at radius 3 is 3.06 bits per heavy atom. The lowest BCUT2D eigenvalue weighted by Gasteiger charge is -1.98. The smallest absolute Gasteiger partial charge is 0.267 e. The third-order valence-electron chi connectivity index (χ3n) is 2.55. The molecule has 0 fully saturated rings. The van der Waals surface area contributed by atoms with Gasteiger partial charge in [0.1, 0.15) is 5.01 Å². The fourth-order valence-corrected chi connectivity index (χ4v) is 2.49. The average Bonchev–Trinajstić information content (AvgIpc) is 2.83. The maximum atomic E-state index is 11.9. The summed E-state index contributed by atoms with van der Waals surface area (Å²) in [5, 5.41) is 5.12. The van der Waals surface area contributed by atoms with Gasteiger partial charge in [-0.05, 0) is 18.6 Å². The molecule has 0 unspecified atom stereocenters. The first kappa shape index (κ1) is 11.0. The van der Waals surface area contributed by atoms with Crippen LogP contribution in [0.4, 0.5) is 0 Å². The first-order valence-corrected chi connectivity index (χ1v) is 6.40. The third-order valence-corrected chi connectivity index (χ3v) is 3.60. The number of hydrogen-bond acceptors (Lipinski definition) is 5. The summed E-state index contributed by atoms with van der Waals surface area (Å²) in [5.41, 5.74) is 1.32. The Morgan fingerprint density at radius 1 is 1.44 bits per heavy atom. The molecule has 0 aromatic carbocycles. The number of aryl methyl sites for hydroxylation is 1. The fourth-order valence-electron chi connectivity index (χ4n) is 1.66. The highest BCUT2D eigenvalue weighted by atomic mass is 32.1. The molecule has 0 saturated carbocycles. The van der Waals surface area contributed by atoms with Crippen LogP contribution in [0.25, 0.3) is 16.2 Å². The standard InChI is InChI=1S/C12H10N4OS/c1-2-10-15-16-11(17)6-9(14-12(16)18-10)8-4-3-5-13-7-8/h3-7H,2H2,1H3. The van der Waals surface area contributed by atoms with Gasteiger partial charge in [-0.2, -0.15) is 9.61 Å². The first-order valence-electron chi connectivity index (χ1n) is 5.58. The molecule has 6 heteroatoms. The Hall–Kier alpha value is -2.08. The van der Waals surface area contributed by atoms with Gasteiger partial charge in [0.2, 0.25) is 4.96 Å². The molecule has 90 valence electrons. The summed E-state index contributed by atoms with van der Waals surface area (Å²) in [4.78, 5) is 21.1. The zero-order chi connectivity index (χ0) is 12.5. The minimum absolute atomic E-state index is 0.158. The Balaban J connectivity index is 2.24. The predicted octanol–water partition coefficient (Wildman–Crippen LogP) is 1.78. The molecular weight excluding hydrogens is 248 g/mol. The molecule has 5 nitrogen and oxygen atoms in total. The van der Waals surface area contributed by atoms with E-state index in [2.05, 4.69) is 15.1 Å². The van der Waals surface area contributed by atoms with Gasteiger partial charge >= 0.3 is 0 Å². The molecule has 0 atom stereocenters. The topological polar surface area (TPSA) is 60.2 Å². The van der Waals surface area contributed by atoms with Crippen molar-refractivity contribution in [1.29, 1.82) is 0 Å². The quantitative estimate of drug-likeness (QED) is 0.703. The number of rotatable bonds is 2. The molecule has 0 radical (unpaired) electrons. The van der Waals surface area contributed by atoms with Crippen molar-refractivity contribution in [3.63, 3.8) is 0 Å². The molecule has 0 saturated heterocycles. The Bertz CT molecular complexity index is 748. The summed E-state index contributed by atoms with van der Waals surface area (Å²) in [6.07, 6.45) is 4.19. The van der Waals surface area contributed by atoms with Crippen LogP contribution in [-0.2, 0) is 6.42 Å². The van der Waals surface area contributed by atoms with Crippen molar-refractivity contribution in [3.8, 4) is 11.3 Å². The number of hydrogen-bond donors (Lipinski definition) is 0. The molecule has 3 aromatic heterocycles. The van der Waals surface area contributed by atoms with E-state index in [1.54, 1.807) is 12.4 Å². The summed E-state index contributed by atoms with van der Waals surface area (Å²) >= 11 is 1.44. The van der Waals surface area contributed by atoms with Crippen LogP contribution < -0.4 is 5.56 Å². The van der Waals surface area contributed by atoms with E-state index in [0.29, 0.717) is 10.7 Å². The monoisotopic (exact) mass is 258 g/mol. The third kappa shape index (κ3) is 1.80. The lowest BCUT2D eigenvalue weighted by Crippen LogP contribution is -2.14. The van der Waals surface area contributed by atoms with Crippen molar-refractivity contribution in [1.82, 2.24) is 19.6 Å². The SMILES string of the molecule is CCc1nn2c(=O)cc(-c3cccnc3)nc2s1. The van der Waals surface area contributed by atoms with Gasteiger partial charge in [-0.15, -0.1) is 0 Å². The lowest BCUT2D eigenvalue weighted by molar-refractivity contribution is 0.860. The molecular formula is C12H10N4OS. The van der Waals surface area contributed by atoms with Crippen molar-refractivity contribution in [2.75, 3.05) is 0 Å².